The second-order valence-corrected chi connectivity index (χ2v) is 7.73. The van der Waals surface area contributed by atoms with Crippen LogP contribution in [0.25, 0.3) is 22.6 Å². The number of rotatable bonds is 5. The van der Waals surface area contributed by atoms with E-state index in [1.165, 1.54) is 24.4 Å². The van der Waals surface area contributed by atoms with Gasteiger partial charge in [-0.25, -0.2) is 32.7 Å². The van der Waals surface area contributed by atoms with Crippen LogP contribution >= 0.6 is 0 Å². The van der Waals surface area contributed by atoms with Crippen molar-refractivity contribution in [3.05, 3.63) is 48.7 Å². The molecule has 0 aliphatic heterocycles. The summed E-state index contributed by atoms with van der Waals surface area (Å²) in [4.78, 5) is 12.1. The summed E-state index contributed by atoms with van der Waals surface area (Å²) in [6.07, 6.45) is -2.50. The van der Waals surface area contributed by atoms with E-state index >= 15 is 0 Å². The smallest absolute Gasteiger partial charge is 0.354 e. The van der Waals surface area contributed by atoms with Crippen LogP contribution in [-0.2, 0) is 6.30 Å². The maximum Gasteiger partial charge on any atom is 0.490 e. The van der Waals surface area contributed by atoms with Gasteiger partial charge in [-0.05, 0) is 49.1 Å². The van der Waals surface area contributed by atoms with Crippen LogP contribution in [0, 0.1) is 11.7 Å². The standard InChI is InChI=1S/C21H19F6N5/c22-15-3-1-14(2-4-15)17-18(32(12-30-17)21(25,26)27)16-7-10-28-19(31-16)29-11-13-5-8-20(23,24)9-6-13/h1-4,7,10,12-13H,5-6,8-9,11H2,(H,28,29,31). The molecule has 170 valence electrons. The van der Waals surface area contributed by atoms with E-state index in [0.717, 1.165) is 12.1 Å². The second kappa shape index (κ2) is 8.44. The van der Waals surface area contributed by atoms with Gasteiger partial charge in [0.25, 0.3) is 0 Å². The predicted molar refractivity (Wildman–Crippen MR) is 105 cm³/mol. The van der Waals surface area contributed by atoms with Gasteiger partial charge >= 0.3 is 6.30 Å². The zero-order valence-electron chi connectivity index (χ0n) is 16.7. The van der Waals surface area contributed by atoms with Gasteiger partial charge in [0, 0.05) is 31.1 Å². The number of imidazole rings is 1. The summed E-state index contributed by atoms with van der Waals surface area (Å²) in [5, 5.41) is 2.94. The number of nitrogens with zero attached hydrogens (tertiary/aromatic N) is 4. The zero-order valence-corrected chi connectivity index (χ0v) is 16.7. The normalized spacial score (nSPS) is 16.8. The Balaban J connectivity index is 1.62. The minimum atomic E-state index is -4.76. The first-order valence-electron chi connectivity index (χ1n) is 9.98. The van der Waals surface area contributed by atoms with Crippen LogP contribution in [0.5, 0.6) is 0 Å². The number of anilines is 1. The van der Waals surface area contributed by atoms with Gasteiger partial charge < -0.3 is 5.32 Å². The average molecular weight is 455 g/mol. The first-order chi connectivity index (χ1) is 15.1. The Kier molecular flexibility index (Phi) is 5.83. The average Bonchev–Trinajstić information content (AvgIpc) is 3.19. The van der Waals surface area contributed by atoms with Crippen LogP contribution in [-0.4, -0.2) is 32.0 Å². The van der Waals surface area contributed by atoms with Crippen molar-refractivity contribution in [3.8, 4) is 22.6 Å². The molecule has 0 atom stereocenters. The summed E-state index contributed by atoms with van der Waals surface area (Å²) in [7, 11) is 0. The van der Waals surface area contributed by atoms with Gasteiger partial charge in [0.05, 0.1) is 11.4 Å². The third-order valence-electron chi connectivity index (χ3n) is 5.44. The molecule has 0 amide bonds. The molecule has 1 fully saturated rings. The maximum atomic E-state index is 13.6. The lowest BCUT2D eigenvalue weighted by atomic mass is 9.87. The number of nitrogens with one attached hydrogen (secondary N) is 1. The third kappa shape index (κ3) is 4.86. The van der Waals surface area contributed by atoms with E-state index in [9.17, 15) is 26.3 Å². The molecule has 32 heavy (non-hydrogen) atoms. The van der Waals surface area contributed by atoms with Gasteiger partial charge in [0.2, 0.25) is 11.9 Å². The van der Waals surface area contributed by atoms with Crippen LogP contribution in [0.4, 0.5) is 32.3 Å². The molecule has 4 rings (SSSR count). The van der Waals surface area contributed by atoms with Crippen LogP contribution in [0.3, 0.4) is 0 Å². The summed E-state index contributed by atoms with van der Waals surface area (Å²) >= 11 is 0. The Morgan fingerprint density at radius 1 is 1.03 bits per heavy atom. The van der Waals surface area contributed by atoms with E-state index in [0.29, 0.717) is 31.3 Å². The summed E-state index contributed by atoms with van der Waals surface area (Å²) < 4.78 is 80.8. The molecule has 0 bridgehead atoms. The molecule has 5 nitrogen and oxygen atoms in total. The summed E-state index contributed by atoms with van der Waals surface area (Å²) in [5.41, 5.74) is -0.0687. The number of halogens is 6. The predicted octanol–water partition coefficient (Wildman–Crippen LogP) is 5.86. The van der Waals surface area contributed by atoms with Crippen molar-refractivity contribution in [2.24, 2.45) is 5.92 Å². The fraction of sp³-hybridized carbons (Fsp3) is 0.381. The molecule has 2 aromatic heterocycles. The highest BCUT2D eigenvalue weighted by Gasteiger charge is 2.36. The van der Waals surface area contributed by atoms with E-state index < -0.39 is 18.0 Å². The molecule has 1 N–H and O–H groups in total. The van der Waals surface area contributed by atoms with Gasteiger partial charge in [0.1, 0.15) is 17.8 Å². The van der Waals surface area contributed by atoms with Crippen molar-refractivity contribution >= 4 is 5.95 Å². The van der Waals surface area contributed by atoms with Crippen LogP contribution in [0.2, 0.25) is 0 Å². The molecular weight excluding hydrogens is 436 g/mol. The SMILES string of the molecule is Fc1ccc(-c2ncn(C(F)(F)F)c2-c2ccnc(NCC3CCC(F)(F)CC3)n2)cc1. The van der Waals surface area contributed by atoms with Gasteiger partial charge in [-0.3, -0.25) is 0 Å². The molecule has 0 unspecified atom stereocenters. The second-order valence-electron chi connectivity index (χ2n) is 7.73. The molecule has 1 aromatic carbocycles. The molecule has 2 heterocycles. The fourth-order valence-corrected chi connectivity index (χ4v) is 3.72. The summed E-state index contributed by atoms with van der Waals surface area (Å²) in [6, 6.07) is 6.25. The fourth-order valence-electron chi connectivity index (χ4n) is 3.72. The van der Waals surface area contributed by atoms with E-state index in [1.807, 2.05) is 0 Å². The largest absolute Gasteiger partial charge is 0.490 e. The van der Waals surface area contributed by atoms with Gasteiger partial charge in [-0.15, -0.1) is 13.2 Å². The van der Waals surface area contributed by atoms with Crippen LogP contribution in [0.1, 0.15) is 25.7 Å². The van der Waals surface area contributed by atoms with E-state index in [-0.39, 0.29) is 46.4 Å². The molecule has 11 heteroatoms. The molecule has 1 aliphatic rings. The van der Waals surface area contributed by atoms with E-state index in [2.05, 4.69) is 20.3 Å². The first kappa shape index (κ1) is 22.1. The molecule has 3 aromatic rings. The van der Waals surface area contributed by atoms with Gasteiger partial charge in [-0.1, -0.05) is 0 Å². The zero-order chi connectivity index (χ0) is 22.9. The van der Waals surface area contributed by atoms with Crippen LogP contribution in [0.15, 0.2) is 42.9 Å². The van der Waals surface area contributed by atoms with Crippen molar-refractivity contribution in [3.63, 3.8) is 0 Å². The van der Waals surface area contributed by atoms with Crippen molar-refractivity contribution in [2.75, 3.05) is 11.9 Å². The van der Waals surface area contributed by atoms with E-state index in [4.69, 9.17) is 0 Å². The minimum Gasteiger partial charge on any atom is -0.354 e. The molecule has 0 saturated heterocycles. The Hall–Kier alpha value is -3.11. The lowest BCUT2D eigenvalue weighted by molar-refractivity contribution is -0.202. The van der Waals surface area contributed by atoms with Crippen molar-refractivity contribution < 1.29 is 26.3 Å². The summed E-state index contributed by atoms with van der Waals surface area (Å²) in [6.45, 7) is 0.336. The Morgan fingerprint density at radius 2 is 1.72 bits per heavy atom. The van der Waals surface area contributed by atoms with Crippen molar-refractivity contribution in [1.29, 1.82) is 0 Å². The monoisotopic (exact) mass is 455 g/mol. The minimum absolute atomic E-state index is 0.00244. The topological polar surface area (TPSA) is 55.6 Å². The molecular formula is C21H19F6N5. The highest BCUT2D eigenvalue weighted by atomic mass is 19.4. The summed E-state index contributed by atoms with van der Waals surface area (Å²) in [5.74, 6) is -3.09. The highest BCUT2D eigenvalue weighted by molar-refractivity contribution is 5.77. The quantitative estimate of drug-likeness (QED) is 0.490. The lowest BCUT2D eigenvalue weighted by Crippen LogP contribution is -2.28. The lowest BCUT2D eigenvalue weighted by Gasteiger charge is -2.28. The molecule has 1 saturated carbocycles. The Morgan fingerprint density at radius 3 is 2.38 bits per heavy atom. The maximum absolute atomic E-state index is 13.6. The van der Waals surface area contributed by atoms with E-state index in [1.54, 1.807) is 0 Å². The highest BCUT2D eigenvalue weighted by Crippen LogP contribution is 2.37. The van der Waals surface area contributed by atoms with Gasteiger partial charge in [-0.2, -0.15) is 0 Å². The number of benzene rings is 1. The molecule has 0 radical (unpaired) electrons. The first-order valence-corrected chi connectivity index (χ1v) is 9.98. The Bertz CT molecular complexity index is 1070. The molecule has 0 spiro atoms. The van der Waals surface area contributed by atoms with Crippen molar-refractivity contribution in [1.82, 2.24) is 19.5 Å². The Labute approximate surface area is 179 Å². The number of hydrogen-bond donors (Lipinski definition) is 1. The van der Waals surface area contributed by atoms with Gasteiger partial charge in [0.15, 0.2) is 0 Å². The number of aromatic nitrogens is 4. The number of alkyl halides is 5. The molecule has 1 aliphatic carbocycles. The third-order valence-corrected chi connectivity index (χ3v) is 5.44. The van der Waals surface area contributed by atoms with Crippen LogP contribution < -0.4 is 5.32 Å². The number of hydrogen-bond acceptors (Lipinski definition) is 4. The van der Waals surface area contributed by atoms with Crippen molar-refractivity contribution in [2.45, 2.75) is 37.9 Å².